The number of carbonyl (C=O) groups is 1. The molecule has 0 aliphatic heterocycles. The average Bonchev–Trinajstić information content (AvgIpc) is 3.24. The Morgan fingerprint density at radius 1 is 1.03 bits per heavy atom. The van der Waals surface area contributed by atoms with Crippen molar-refractivity contribution in [2.45, 2.75) is 46.5 Å². The molecule has 5 heteroatoms. The van der Waals surface area contributed by atoms with Gasteiger partial charge in [-0.1, -0.05) is 70.2 Å². The molecule has 0 aliphatic carbocycles. The van der Waals surface area contributed by atoms with Gasteiger partial charge in [0.25, 0.3) is 5.91 Å². The lowest BCUT2D eigenvalue weighted by molar-refractivity contribution is 0.0956. The smallest absolute Gasteiger partial charge is 0.267 e. The minimum Gasteiger partial charge on any atom is -0.267 e. The minimum atomic E-state index is -0.236. The molecule has 0 unspecified atom stereocenters. The van der Waals surface area contributed by atoms with E-state index in [1.807, 2.05) is 37.3 Å². The summed E-state index contributed by atoms with van der Waals surface area (Å²) in [5.74, 6) is -0.236. The van der Waals surface area contributed by atoms with Gasteiger partial charge in [0.15, 0.2) is 0 Å². The molecule has 33 heavy (non-hydrogen) atoms. The zero-order valence-electron chi connectivity index (χ0n) is 19.8. The van der Waals surface area contributed by atoms with Crippen molar-refractivity contribution in [3.8, 4) is 11.3 Å². The maximum absolute atomic E-state index is 13.2. The minimum absolute atomic E-state index is 0.0798. The Morgan fingerprint density at radius 3 is 2.39 bits per heavy atom. The summed E-state index contributed by atoms with van der Waals surface area (Å²) in [6.45, 7) is 10.7. The molecule has 1 amide bonds. The summed E-state index contributed by atoms with van der Waals surface area (Å²) in [6, 6.07) is 22.1. The van der Waals surface area contributed by atoms with Gasteiger partial charge < -0.3 is 0 Å². The van der Waals surface area contributed by atoms with Crippen LogP contribution in [-0.4, -0.2) is 16.6 Å². The van der Waals surface area contributed by atoms with Crippen molar-refractivity contribution in [2.75, 3.05) is 0 Å². The molecule has 0 spiro atoms. The maximum atomic E-state index is 13.2. The van der Waals surface area contributed by atoms with Gasteiger partial charge in [0.1, 0.15) is 0 Å². The van der Waals surface area contributed by atoms with Gasteiger partial charge in [0.2, 0.25) is 0 Å². The van der Waals surface area contributed by atoms with Gasteiger partial charge in [-0.05, 0) is 48.6 Å². The highest BCUT2D eigenvalue weighted by molar-refractivity contribution is 7.14. The number of rotatable bonds is 5. The first-order valence-corrected chi connectivity index (χ1v) is 12.0. The Hall–Kier alpha value is -3.31. The van der Waals surface area contributed by atoms with Crippen LogP contribution in [0.2, 0.25) is 0 Å². The summed E-state index contributed by atoms with van der Waals surface area (Å²) < 4.78 is 0. The normalized spacial score (nSPS) is 12.2. The number of nitrogens with one attached hydrogen (secondary N) is 1. The van der Waals surface area contributed by atoms with E-state index in [9.17, 15) is 4.79 Å². The first-order chi connectivity index (χ1) is 15.8. The van der Waals surface area contributed by atoms with Crippen LogP contribution in [0.1, 0.15) is 59.8 Å². The predicted octanol–water partition coefficient (Wildman–Crippen LogP) is 7.11. The molecule has 2 aromatic carbocycles. The van der Waals surface area contributed by atoms with Crippen LogP contribution in [0.5, 0.6) is 0 Å². The van der Waals surface area contributed by atoms with Gasteiger partial charge in [-0.25, -0.2) is 10.4 Å². The number of pyridine rings is 1. The third-order valence-electron chi connectivity index (χ3n) is 5.66. The number of aromatic nitrogens is 1. The van der Waals surface area contributed by atoms with Crippen molar-refractivity contribution in [3.63, 3.8) is 0 Å². The fourth-order valence-corrected chi connectivity index (χ4v) is 4.66. The number of nitrogens with zero attached hydrogens (tertiary/aromatic N) is 2. The molecule has 1 N–H and O–H groups in total. The summed E-state index contributed by atoms with van der Waals surface area (Å²) in [6.07, 6.45) is 0.739. The number of aryl methyl sites for hydroxylation is 1. The number of thiophene rings is 1. The van der Waals surface area contributed by atoms with Crippen LogP contribution in [0.25, 0.3) is 22.2 Å². The largest absolute Gasteiger partial charge is 0.272 e. The van der Waals surface area contributed by atoms with E-state index in [-0.39, 0.29) is 11.3 Å². The molecule has 4 rings (SSSR count). The van der Waals surface area contributed by atoms with Crippen LogP contribution in [0.4, 0.5) is 0 Å². The van der Waals surface area contributed by atoms with Gasteiger partial charge in [-0.2, -0.15) is 5.10 Å². The lowest BCUT2D eigenvalue weighted by atomic mass is 9.86. The van der Waals surface area contributed by atoms with Crippen molar-refractivity contribution in [2.24, 2.45) is 5.10 Å². The predicted molar refractivity (Wildman–Crippen MR) is 139 cm³/mol. The van der Waals surface area contributed by atoms with Crippen molar-refractivity contribution < 1.29 is 4.79 Å². The molecule has 0 radical (unpaired) electrons. The number of fused-ring (bicyclic) bond motifs is 1. The molecule has 168 valence electrons. The van der Waals surface area contributed by atoms with Crippen molar-refractivity contribution in [1.29, 1.82) is 0 Å². The molecule has 4 aromatic rings. The molecular weight excluding hydrogens is 426 g/mol. The maximum Gasteiger partial charge on any atom is 0.272 e. The highest BCUT2D eigenvalue weighted by atomic mass is 32.1. The Kier molecular flexibility index (Phi) is 6.43. The van der Waals surface area contributed by atoms with Gasteiger partial charge in [0.05, 0.1) is 27.4 Å². The Bertz CT molecular complexity index is 1330. The fourth-order valence-electron chi connectivity index (χ4n) is 3.73. The van der Waals surface area contributed by atoms with E-state index in [1.165, 1.54) is 10.4 Å². The van der Waals surface area contributed by atoms with E-state index in [0.29, 0.717) is 5.56 Å². The Balaban J connectivity index is 1.71. The van der Waals surface area contributed by atoms with Crippen molar-refractivity contribution in [1.82, 2.24) is 10.4 Å². The number of hydrogen-bond donors (Lipinski definition) is 1. The van der Waals surface area contributed by atoms with Gasteiger partial charge >= 0.3 is 0 Å². The lowest BCUT2D eigenvalue weighted by Gasteiger charge is -2.19. The first kappa shape index (κ1) is 22.9. The summed E-state index contributed by atoms with van der Waals surface area (Å²) in [7, 11) is 0. The first-order valence-electron chi connectivity index (χ1n) is 11.2. The molecule has 0 aliphatic rings. The molecular formula is C28H29N3OS. The van der Waals surface area contributed by atoms with Crippen molar-refractivity contribution >= 4 is 33.9 Å². The van der Waals surface area contributed by atoms with E-state index in [0.717, 1.165) is 39.2 Å². The number of hydrazone groups is 1. The van der Waals surface area contributed by atoms with Gasteiger partial charge in [-0.3, -0.25) is 4.79 Å². The van der Waals surface area contributed by atoms with Crippen LogP contribution in [0, 0.1) is 6.92 Å². The quantitative estimate of drug-likeness (QED) is 0.257. The van der Waals surface area contributed by atoms with E-state index in [2.05, 4.69) is 74.6 Å². The lowest BCUT2D eigenvalue weighted by Crippen LogP contribution is -2.20. The molecule has 0 saturated carbocycles. The molecule has 2 heterocycles. The molecule has 2 aromatic heterocycles. The topological polar surface area (TPSA) is 54.4 Å². The summed E-state index contributed by atoms with van der Waals surface area (Å²) in [5, 5.41) is 5.27. The highest BCUT2D eigenvalue weighted by Gasteiger charge is 2.16. The Labute approximate surface area is 199 Å². The third-order valence-corrected chi connectivity index (χ3v) is 6.71. The van der Waals surface area contributed by atoms with Crippen LogP contribution in [0.15, 0.2) is 71.8 Å². The zero-order valence-corrected chi connectivity index (χ0v) is 20.6. The number of hydrogen-bond acceptors (Lipinski definition) is 4. The second-order valence-electron chi connectivity index (χ2n) is 9.16. The highest BCUT2D eigenvalue weighted by Crippen LogP contribution is 2.28. The molecule has 0 atom stereocenters. The molecule has 0 fully saturated rings. The third kappa shape index (κ3) is 5.04. The Morgan fingerprint density at radius 2 is 1.76 bits per heavy atom. The van der Waals surface area contributed by atoms with Crippen LogP contribution < -0.4 is 5.43 Å². The summed E-state index contributed by atoms with van der Waals surface area (Å²) in [5.41, 5.74) is 8.10. The number of carbonyl (C=O) groups excluding carboxylic acids is 1. The van der Waals surface area contributed by atoms with E-state index in [1.54, 1.807) is 11.3 Å². The van der Waals surface area contributed by atoms with E-state index in [4.69, 9.17) is 4.98 Å². The fraction of sp³-hybridized carbons (Fsp3) is 0.250. The standard InChI is InChI=1S/C28H29N3OS/c1-6-23(26-16-11-18(2)33-26)30-31-27(32)22-17-25(29-24-10-8-7-9-21(22)24)19-12-14-20(15-13-19)28(3,4)5/h7-17H,6H2,1-5H3,(H,31,32)/b30-23+. The van der Waals surface area contributed by atoms with E-state index < -0.39 is 0 Å². The summed E-state index contributed by atoms with van der Waals surface area (Å²) in [4.78, 5) is 20.4. The zero-order chi connectivity index (χ0) is 23.6. The molecule has 4 nitrogen and oxygen atoms in total. The monoisotopic (exact) mass is 455 g/mol. The number of para-hydroxylation sites is 1. The van der Waals surface area contributed by atoms with E-state index >= 15 is 0 Å². The second kappa shape index (κ2) is 9.28. The number of amides is 1. The summed E-state index contributed by atoms with van der Waals surface area (Å²) >= 11 is 1.68. The molecule has 0 bridgehead atoms. The van der Waals surface area contributed by atoms with Gasteiger partial charge in [0, 0.05) is 15.8 Å². The van der Waals surface area contributed by atoms with Crippen LogP contribution in [-0.2, 0) is 5.41 Å². The number of benzene rings is 2. The van der Waals surface area contributed by atoms with Gasteiger partial charge in [-0.15, -0.1) is 11.3 Å². The SMILES string of the molecule is CC/C(=N\NC(=O)c1cc(-c2ccc(C(C)(C)C)cc2)nc2ccccc12)c1ccc(C)s1. The van der Waals surface area contributed by atoms with Crippen LogP contribution in [0.3, 0.4) is 0 Å². The molecule has 0 saturated heterocycles. The second-order valence-corrected chi connectivity index (χ2v) is 10.5. The van der Waals surface area contributed by atoms with Crippen molar-refractivity contribution in [3.05, 3.63) is 87.6 Å². The van der Waals surface area contributed by atoms with Crippen LogP contribution >= 0.6 is 11.3 Å². The average molecular weight is 456 g/mol.